The van der Waals surface area contributed by atoms with Crippen LogP contribution in [0.3, 0.4) is 0 Å². The minimum Gasteiger partial charge on any atom is -0.368 e. The lowest BCUT2D eigenvalue weighted by atomic mass is 10.0. The Morgan fingerprint density at radius 1 is 1.45 bits per heavy atom. The minimum atomic E-state index is -3.78. The third kappa shape index (κ3) is 2.09. The number of carbonyl (C=O) groups excluding carboxylic acids is 2. The molecule has 2 rings (SSSR count). The Morgan fingerprint density at radius 2 is 2.10 bits per heavy atom. The molecule has 0 saturated carbocycles. The van der Waals surface area contributed by atoms with Gasteiger partial charge in [0, 0.05) is 19.7 Å². The summed E-state index contributed by atoms with van der Waals surface area (Å²) in [5, 5.41) is -2.19. The summed E-state index contributed by atoms with van der Waals surface area (Å²) >= 11 is 0. The molecule has 0 bridgehead atoms. The third-order valence-electron chi connectivity index (χ3n) is 3.78. The van der Waals surface area contributed by atoms with Crippen LogP contribution in [0.4, 0.5) is 0 Å². The molecule has 3 atom stereocenters. The highest BCUT2D eigenvalue weighted by Crippen LogP contribution is 2.37. The van der Waals surface area contributed by atoms with Crippen LogP contribution < -0.4 is 0 Å². The van der Waals surface area contributed by atoms with Crippen LogP contribution in [-0.2, 0) is 24.2 Å². The van der Waals surface area contributed by atoms with Crippen molar-refractivity contribution in [2.24, 2.45) is 0 Å². The predicted octanol–water partition coefficient (Wildman–Crippen LogP) is 0.630. The van der Waals surface area contributed by atoms with E-state index in [1.165, 1.54) is 13.3 Å². The number of amides is 1. The third-order valence-corrected chi connectivity index (χ3v) is 6.21. The Morgan fingerprint density at radius 3 is 2.65 bits per heavy atom. The van der Waals surface area contributed by atoms with Crippen LogP contribution in [0.15, 0.2) is 11.8 Å². The van der Waals surface area contributed by atoms with Gasteiger partial charge in [-0.15, -0.1) is 0 Å². The molecule has 0 aromatic rings. The van der Waals surface area contributed by atoms with Crippen molar-refractivity contribution in [3.8, 4) is 0 Å². The molecule has 1 fully saturated rings. The molecule has 2 aliphatic heterocycles. The van der Waals surface area contributed by atoms with Crippen LogP contribution in [-0.4, -0.2) is 48.8 Å². The molecule has 6 nitrogen and oxygen atoms in total. The lowest BCUT2D eigenvalue weighted by molar-refractivity contribution is -0.157. The first-order valence-corrected chi connectivity index (χ1v) is 8.26. The first-order chi connectivity index (χ1) is 9.36. The Hall–Kier alpha value is -1.21. The van der Waals surface area contributed by atoms with Crippen molar-refractivity contribution in [2.75, 3.05) is 7.11 Å². The fraction of sp³-hybridized carbons (Fsp3) is 0.692. The molecular formula is C13H19NO5S. The first-order valence-electron chi connectivity index (χ1n) is 6.65. The van der Waals surface area contributed by atoms with Gasteiger partial charge in [0.05, 0.1) is 0 Å². The average molecular weight is 301 g/mol. The van der Waals surface area contributed by atoms with Crippen molar-refractivity contribution >= 4 is 21.5 Å². The van der Waals surface area contributed by atoms with Gasteiger partial charge in [0.2, 0.25) is 0 Å². The number of fused-ring (bicyclic) bond motifs is 1. The largest absolute Gasteiger partial charge is 0.368 e. The summed E-state index contributed by atoms with van der Waals surface area (Å²) in [5.41, 5.74) is 0.408. The van der Waals surface area contributed by atoms with Crippen molar-refractivity contribution in [1.29, 1.82) is 0 Å². The lowest BCUT2D eigenvalue weighted by Gasteiger charge is -2.47. The summed E-state index contributed by atoms with van der Waals surface area (Å²) in [6, 6.07) is 0. The average Bonchev–Trinajstić information content (AvgIpc) is 2.37. The van der Waals surface area contributed by atoms with Gasteiger partial charge in [-0.1, -0.05) is 13.3 Å². The van der Waals surface area contributed by atoms with E-state index in [1.807, 2.05) is 6.92 Å². The highest BCUT2D eigenvalue weighted by Gasteiger charge is 2.60. The van der Waals surface area contributed by atoms with Crippen molar-refractivity contribution in [2.45, 2.75) is 49.8 Å². The molecule has 1 amide bonds. The maximum absolute atomic E-state index is 12.6. The van der Waals surface area contributed by atoms with Gasteiger partial charge in [-0.25, -0.2) is 8.42 Å². The second kappa shape index (κ2) is 5.29. The standard InChI is InChI=1S/C13H19NO5S/c1-4-5-6-9(15)11-8(2)7-14-12(16)10(19-3)13(14)20(11,17)18/h7,10-11,13H,4-6H2,1-3H3/t10-,11?,13+/m0/s1. The van der Waals surface area contributed by atoms with Crippen LogP contribution >= 0.6 is 0 Å². The van der Waals surface area contributed by atoms with Gasteiger partial charge in [0.1, 0.15) is 5.25 Å². The van der Waals surface area contributed by atoms with Gasteiger partial charge in [0.15, 0.2) is 27.1 Å². The number of nitrogens with zero attached hydrogens (tertiary/aromatic N) is 1. The number of hydrogen-bond acceptors (Lipinski definition) is 5. The number of hydrogen-bond donors (Lipinski definition) is 0. The smallest absolute Gasteiger partial charge is 0.260 e. The van der Waals surface area contributed by atoms with Gasteiger partial charge < -0.3 is 4.74 Å². The molecule has 0 aromatic carbocycles. The molecule has 0 aromatic heterocycles. The summed E-state index contributed by atoms with van der Waals surface area (Å²) in [4.78, 5) is 25.0. The van der Waals surface area contributed by atoms with E-state index in [1.54, 1.807) is 6.92 Å². The number of rotatable bonds is 5. The minimum absolute atomic E-state index is 0.240. The van der Waals surface area contributed by atoms with E-state index in [4.69, 9.17) is 4.74 Å². The number of Topliss-reactive ketones (excluding diaryl/α,β-unsaturated/α-hetero) is 1. The molecule has 7 heteroatoms. The summed E-state index contributed by atoms with van der Waals surface area (Å²) in [6.07, 6.45) is 2.21. The van der Waals surface area contributed by atoms with Crippen molar-refractivity contribution in [1.82, 2.24) is 4.90 Å². The quantitative estimate of drug-likeness (QED) is 0.696. The molecule has 1 saturated heterocycles. The number of β-lactam (4-membered cyclic amide) rings is 1. The van der Waals surface area contributed by atoms with Gasteiger partial charge in [-0.05, 0) is 18.9 Å². The molecule has 2 heterocycles. The predicted molar refractivity (Wildman–Crippen MR) is 72.4 cm³/mol. The van der Waals surface area contributed by atoms with E-state index in [9.17, 15) is 18.0 Å². The second-order valence-corrected chi connectivity index (χ2v) is 7.34. The Kier molecular flexibility index (Phi) is 4.02. The fourth-order valence-corrected chi connectivity index (χ4v) is 5.14. The number of ether oxygens (including phenoxy) is 1. The molecule has 2 aliphatic rings. The Balaban J connectivity index is 2.35. The van der Waals surface area contributed by atoms with Crippen LogP contribution in [0, 0.1) is 0 Å². The number of ketones is 1. The zero-order valence-corrected chi connectivity index (χ0v) is 12.6. The van der Waals surface area contributed by atoms with Crippen molar-refractivity contribution < 1.29 is 22.7 Å². The number of sulfone groups is 1. The molecule has 112 valence electrons. The molecule has 0 N–H and O–H groups in total. The zero-order chi connectivity index (χ0) is 15.1. The monoisotopic (exact) mass is 301 g/mol. The number of unbranched alkanes of at least 4 members (excludes halogenated alkanes) is 1. The van der Waals surface area contributed by atoms with E-state index in [2.05, 4.69) is 0 Å². The van der Waals surface area contributed by atoms with Gasteiger partial charge in [-0.2, -0.15) is 0 Å². The topological polar surface area (TPSA) is 80.8 Å². The maximum atomic E-state index is 12.6. The highest BCUT2D eigenvalue weighted by atomic mass is 32.2. The summed E-state index contributed by atoms with van der Waals surface area (Å²) in [5.74, 6) is -0.672. The van der Waals surface area contributed by atoms with Crippen LogP contribution in [0.25, 0.3) is 0 Å². The molecule has 0 spiro atoms. The molecule has 0 aliphatic carbocycles. The SMILES string of the molecule is CCCCC(=O)C1C(C)=CN2C(=O)[C@H](OC)[C@H]2S1(=O)=O. The fourth-order valence-electron chi connectivity index (χ4n) is 2.75. The van der Waals surface area contributed by atoms with Crippen LogP contribution in [0.2, 0.25) is 0 Å². The van der Waals surface area contributed by atoms with Crippen LogP contribution in [0.5, 0.6) is 0 Å². The Labute approximate surface area is 118 Å². The van der Waals surface area contributed by atoms with Crippen LogP contribution in [0.1, 0.15) is 33.1 Å². The Bertz CT molecular complexity index is 565. The normalized spacial score (nSPS) is 31.4. The summed E-state index contributed by atoms with van der Waals surface area (Å²) in [7, 11) is -2.48. The van der Waals surface area contributed by atoms with Gasteiger partial charge >= 0.3 is 0 Å². The maximum Gasteiger partial charge on any atom is 0.260 e. The van der Waals surface area contributed by atoms with E-state index >= 15 is 0 Å². The lowest BCUT2D eigenvalue weighted by Crippen LogP contribution is -2.70. The van der Waals surface area contributed by atoms with Gasteiger partial charge in [-0.3, -0.25) is 14.5 Å². The second-order valence-electron chi connectivity index (χ2n) is 5.20. The van der Waals surface area contributed by atoms with Crippen molar-refractivity contribution in [3.05, 3.63) is 11.8 Å². The first kappa shape index (κ1) is 15.2. The summed E-state index contributed by atoms with van der Waals surface area (Å²) in [6.45, 7) is 3.52. The molecule has 0 radical (unpaired) electrons. The van der Waals surface area contributed by atoms with E-state index in [0.29, 0.717) is 12.0 Å². The van der Waals surface area contributed by atoms with E-state index in [0.717, 1.165) is 11.3 Å². The number of carbonyl (C=O) groups is 2. The molecule has 20 heavy (non-hydrogen) atoms. The van der Waals surface area contributed by atoms with Crippen molar-refractivity contribution in [3.63, 3.8) is 0 Å². The van der Waals surface area contributed by atoms with E-state index < -0.39 is 26.6 Å². The molecular weight excluding hydrogens is 282 g/mol. The molecule has 1 unspecified atom stereocenters. The zero-order valence-electron chi connectivity index (χ0n) is 11.8. The van der Waals surface area contributed by atoms with Gasteiger partial charge in [0.25, 0.3) is 5.91 Å². The highest BCUT2D eigenvalue weighted by molar-refractivity contribution is 7.93. The van der Waals surface area contributed by atoms with E-state index in [-0.39, 0.29) is 18.1 Å². The number of methoxy groups -OCH3 is 1. The summed E-state index contributed by atoms with van der Waals surface area (Å²) < 4.78 is 30.1.